The molecule has 0 spiro atoms. The van der Waals surface area contributed by atoms with Gasteiger partial charge in [0, 0.05) is 7.05 Å². The zero-order valence-corrected chi connectivity index (χ0v) is 9.63. The van der Waals surface area contributed by atoms with Gasteiger partial charge in [0.1, 0.15) is 12.4 Å². The summed E-state index contributed by atoms with van der Waals surface area (Å²) in [4.78, 5) is 10.8. The molecule has 0 aliphatic carbocycles. The molecule has 1 aromatic carbocycles. The summed E-state index contributed by atoms with van der Waals surface area (Å²) in [6.45, 7) is 0.0870. The van der Waals surface area contributed by atoms with Crippen molar-refractivity contribution >= 4 is 5.97 Å². The van der Waals surface area contributed by atoms with Gasteiger partial charge in [-0.15, -0.1) is 0 Å². The molecule has 0 saturated heterocycles. The molecule has 94 valence electrons. The second-order valence-corrected chi connectivity index (χ2v) is 3.79. The lowest BCUT2D eigenvalue weighted by atomic mass is 10.1. The van der Waals surface area contributed by atoms with Crippen LogP contribution in [0.3, 0.4) is 0 Å². The van der Waals surface area contributed by atoms with Gasteiger partial charge in [0.05, 0.1) is 18.0 Å². The Kier molecular flexibility index (Phi) is 3.27. The number of carbonyl (C=O) groups is 1. The molecule has 0 bridgehead atoms. The largest absolute Gasteiger partial charge is 0.486 e. The maximum atomic E-state index is 13.2. The lowest BCUT2D eigenvalue weighted by molar-refractivity contribution is 0.0696. The molecule has 1 aromatic heterocycles. The zero-order chi connectivity index (χ0) is 13.1. The molecule has 1 N–H and O–H groups in total. The Labute approximate surface area is 102 Å². The van der Waals surface area contributed by atoms with Crippen molar-refractivity contribution in [2.75, 3.05) is 0 Å². The Morgan fingerprint density at radius 3 is 2.89 bits per heavy atom. The van der Waals surface area contributed by atoms with Crippen LogP contribution in [-0.2, 0) is 13.7 Å². The molecule has 0 unspecified atom stereocenters. The van der Waals surface area contributed by atoms with Gasteiger partial charge in [-0.25, -0.2) is 9.18 Å². The van der Waals surface area contributed by atoms with Crippen LogP contribution in [0.25, 0.3) is 0 Å². The van der Waals surface area contributed by atoms with E-state index < -0.39 is 11.8 Å². The van der Waals surface area contributed by atoms with Gasteiger partial charge in [-0.2, -0.15) is 5.10 Å². The van der Waals surface area contributed by atoms with E-state index in [-0.39, 0.29) is 12.2 Å². The Bertz CT molecular complexity index is 580. The minimum atomic E-state index is -1.17. The van der Waals surface area contributed by atoms with Crippen LogP contribution in [0.4, 0.5) is 4.39 Å². The fourth-order valence-corrected chi connectivity index (χ4v) is 1.50. The molecular formula is C12H11FN2O3. The van der Waals surface area contributed by atoms with E-state index in [2.05, 4.69) is 5.10 Å². The predicted molar refractivity (Wildman–Crippen MR) is 60.9 cm³/mol. The van der Waals surface area contributed by atoms with E-state index >= 15 is 0 Å². The molecule has 0 saturated carbocycles. The van der Waals surface area contributed by atoms with E-state index in [1.165, 1.54) is 18.3 Å². The molecule has 2 aromatic rings. The topological polar surface area (TPSA) is 64.3 Å². The monoisotopic (exact) mass is 250 g/mol. The number of hydrogen-bond acceptors (Lipinski definition) is 3. The third kappa shape index (κ3) is 2.85. The summed E-state index contributed by atoms with van der Waals surface area (Å²) in [5.74, 6) is -1.23. The minimum absolute atomic E-state index is 0.0870. The molecule has 0 fully saturated rings. The van der Waals surface area contributed by atoms with Crippen LogP contribution >= 0.6 is 0 Å². The third-order valence-corrected chi connectivity index (χ3v) is 2.29. The molecule has 1 heterocycles. The summed E-state index contributed by atoms with van der Waals surface area (Å²) in [6, 6.07) is 3.58. The Hall–Kier alpha value is -2.37. The van der Waals surface area contributed by atoms with Crippen LogP contribution < -0.4 is 4.74 Å². The predicted octanol–water partition coefficient (Wildman–Crippen LogP) is 1.84. The smallest absolute Gasteiger partial charge is 0.335 e. The summed E-state index contributed by atoms with van der Waals surface area (Å²) in [6.07, 6.45) is 3.19. The number of carboxylic acid groups (broad SMARTS) is 1. The molecule has 0 radical (unpaired) electrons. The number of nitrogens with zero attached hydrogens (tertiary/aromatic N) is 2. The normalized spacial score (nSPS) is 10.3. The molecule has 6 heteroatoms. The van der Waals surface area contributed by atoms with Crippen molar-refractivity contribution in [2.24, 2.45) is 7.05 Å². The van der Waals surface area contributed by atoms with Gasteiger partial charge in [-0.3, -0.25) is 4.68 Å². The highest BCUT2D eigenvalue weighted by Gasteiger charge is 2.07. The van der Waals surface area contributed by atoms with Gasteiger partial charge in [0.15, 0.2) is 5.75 Å². The van der Waals surface area contributed by atoms with Crippen LogP contribution in [-0.4, -0.2) is 20.9 Å². The maximum absolute atomic E-state index is 13.2. The van der Waals surface area contributed by atoms with Crippen molar-refractivity contribution in [3.05, 3.63) is 47.5 Å². The third-order valence-electron chi connectivity index (χ3n) is 2.29. The van der Waals surface area contributed by atoms with Crippen LogP contribution in [0.2, 0.25) is 0 Å². The van der Waals surface area contributed by atoms with Gasteiger partial charge in [0.2, 0.25) is 0 Å². The van der Waals surface area contributed by atoms with Crippen LogP contribution in [0.15, 0.2) is 30.6 Å². The zero-order valence-electron chi connectivity index (χ0n) is 9.63. The fourth-order valence-electron chi connectivity index (χ4n) is 1.50. The van der Waals surface area contributed by atoms with Crippen molar-refractivity contribution < 1.29 is 19.0 Å². The number of hydrogen-bond donors (Lipinski definition) is 1. The highest BCUT2D eigenvalue weighted by molar-refractivity contribution is 5.87. The van der Waals surface area contributed by atoms with E-state index in [9.17, 15) is 9.18 Å². The highest BCUT2D eigenvalue weighted by atomic mass is 19.1. The summed E-state index contributed by atoms with van der Waals surface area (Å²) in [7, 11) is 1.75. The molecule has 0 amide bonds. The summed E-state index contributed by atoms with van der Waals surface area (Å²) in [5.41, 5.74) is 0.357. The van der Waals surface area contributed by atoms with Crippen molar-refractivity contribution in [3.8, 4) is 5.75 Å². The Morgan fingerprint density at radius 2 is 2.28 bits per heavy atom. The van der Waals surface area contributed by atoms with Crippen LogP contribution in [0, 0.1) is 5.82 Å². The minimum Gasteiger partial charge on any atom is -0.486 e. The van der Waals surface area contributed by atoms with E-state index in [0.29, 0.717) is 11.3 Å². The first-order chi connectivity index (χ1) is 8.54. The first-order valence-corrected chi connectivity index (χ1v) is 5.19. The highest BCUT2D eigenvalue weighted by Crippen LogP contribution is 2.14. The first kappa shape index (κ1) is 12.1. The molecule has 2 rings (SSSR count). The second-order valence-electron chi connectivity index (χ2n) is 3.79. The second kappa shape index (κ2) is 4.87. The number of aromatic nitrogens is 2. The summed E-state index contributed by atoms with van der Waals surface area (Å²) >= 11 is 0. The fraction of sp³-hybridized carbons (Fsp3) is 0.167. The summed E-state index contributed by atoms with van der Waals surface area (Å²) < 4.78 is 20.1. The van der Waals surface area contributed by atoms with Crippen molar-refractivity contribution in [3.63, 3.8) is 0 Å². The maximum Gasteiger partial charge on any atom is 0.335 e. The van der Waals surface area contributed by atoms with Crippen LogP contribution in [0.1, 0.15) is 15.9 Å². The Balaban J connectivity index is 2.11. The quantitative estimate of drug-likeness (QED) is 0.899. The van der Waals surface area contributed by atoms with Crippen molar-refractivity contribution in [1.29, 1.82) is 0 Å². The standard InChI is InChI=1S/C12H11FN2O3/c1-15-6-11(5-14-15)18-7-8-2-9(12(16)17)4-10(13)3-8/h2-6H,7H2,1H3,(H,16,17). The molecular weight excluding hydrogens is 239 g/mol. The lowest BCUT2D eigenvalue weighted by Gasteiger charge is -2.05. The number of rotatable bonds is 4. The first-order valence-electron chi connectivity index (χ1n) is 5.19. The van der Waals surface area contributed by atoms with Gasteiger partial charge in [-0.05, 0) is 23.8 Å². The number of carboxylic acids is 1. The van der Waals surface area contributed by atoms with Gasteiger partial charge < -0.3 is 9.84 Å². The molecule has 0 aliphatic heterocycles. The Morgan fingerprint density at radius 1 is 1.50 bits per heavy atom. The van der Waals surface area contributed by atoms with Crippen molar-refractivity contribution in [2.45, 2.75) is 6.61 Å². The number of benzene rings is 1. The average molecular weight is 250 g/mol. The van der Waals surface area contributed by atoms with Crippen LogP contribution in [0.5, 0.6) is 5.75 Å². The van der Waals surface area contributed by atoms with E-state index in [4.69, 9.17) is 9.84 Å². The van der Waals surface area contributed by atoms with E-state index in [0.717, 1.165) is 6.07 Å². The molecule has 5 nitrogen and oxygen atoms in total. The van der Waals surface area contributed by atoms with Crippen molar-refractivity contribution in [1.82, 2.24) is 9.78 Å². The number of aromatic carboxylic acids is 1. The number of halogens is 1. The van der Waals surface area contributed by atoms with Gasteiger partial charge >= 0.3 is 5.97 Å². The molecule has 0 atom stereocenters. The van der Waals surface area contributed by atoms with Gasteiger partial charge in [0.25, 0.3) is 0 Å². The number of aryl methyl sites for hydroxylation is 1. The lowest BCUT2D eigenvalue weighted by Crippen LogP contribution is -2.01. The van der Waals surface area contributed by atoms with E-state index in [1.807, 2.05) is 0 Å². The molecule has 0 aliphatic rings. The van der Waals surface area contributed by atoms with Gasteiger partial charge in [-0.1, -0.05) is 0 Å². The van der Waals surface area contributed by atoms with E-state index in [1.54, 1.807) is 17.9 Å². The molecule has 18 heavy (non-hydrogen) atoms. The summed E-state index contributed by atoms with van der Waals surface area (Å²) in [5, 5.41) is 12.7. The number of ether oxygens (including phenoxy) is 1. The SMILES string of the molecule is Cn1cc(OCc2cc(F)cc(C(=O)O)c2)cn1. The average Bonchev–Trinajstić information content (AvgIpc) is 2.72.